The molecule has 0 N–H and O–H groups in total. The van der Waals surface area contributed by atoms with Crippen molar-refractivity contribution in [2.45, 2.75) is 19.4 Å². The summed E-state index contributed by atoms with van der Waals surface area (Å²) in [5, 5.41) is 0. The Kier molecular flexibility index (Phi) is 4.09. The van der Waals surface area contributed by atoms with Crippen LogP contribution >= 0.6 is 0 Å². The Hall–Kier alpha value is -2.37. The standard InChI is InChI=1S/C16H17FN2O3/c1-19(8-11-6-7-11)16(20)13-9-22-15(18-13)10-21-14-5-3-2-4-12(14)17/h2-5,9,11H,6-8,10H2,1H3. The molecule has 1 aromatic carbocycles. The van der Waals surface area contributed by atoms with Crippen molar-refractivity contribution in [3.63, 3.8) is 0 Å². The van der Waals surface area contributed by atoms with Crippen molar-refractivity contribution >= 4 is 5.91 Å². The lowest BCUT2D eigenvalue weighted by Crippen LogP contribution is -2.29. The number of nitrogens with zero attached hydrogens (tertiary/aromatic N) is 2. The number of oxazole rings is 1. The van der Waals surface area contributed by atoms with Crippen molar-refractivity contribution in [3.05, 3.63) is 47.9 Å². The fraction of sp³-hybridized carbons (Fsp3) is 0.375. The summed E-state index contributed by atoms with van der Waals surface area (Å²) in [4.78, 5) is 17.9. The molecule has 1 aliphatic rings. The van der Waals surface area contributed by atoms with Gasteiger partial charge in [0.2, 0.25) is 5.89 Å². The highest BCUT2D eigenvalue weighted by Crippen LogP contribution is 2.29. The average molecular weight is 304 g/mol. The maximum Gasteiger partial charge on any atom is 0.275 e. The van der Waals surface area contributed by atoms with Crippen molar-refractivity contribution in [3.8, 4) is 5.75 Å². The summed E-state index contributed by atoms with van der Waals surface area (Å²) in [7, 11) is 1.75. The largest absolute Gasteiger partial charge is 0.481 e. The number of hydrogen-bond acceptors (Lipinski definition) is 4. The molecule has 3 rings (SSSR count). The molecule has 0 atom stereocenters. The molecule has 1 aromatic heterocycles. The zero-order valence-electron chi connectivity index (χ0n) is 12.3. The van der Waals surface area contributed by atoms with Gasteiger partial charge in [0.05, 0.1) is 0 Å². The number of ether oxygens (including phenoxy) is 1. The second-order valence-electron chi connectivity index (χ2n) is 5.47. The van der Waals surface area contributed by atoms with E-state index < -0.39 is 5.82 Å². The number of aromatic nitrogens is 1. The van der Waals surface area contributed by atoms with Crippen molar-refractivity contribution in [1.82, 2.24) is 9.88 Å². The van der Waals surface area contributed by atoms with Gasteiger partial charge < -0.3 is 14.1 Å². The third-order valence-electron chi connectivity index (χ3n) is 3.53. The smallest absolute Gasteiger partial charge is 0.275 e. The first kappa shape index (κ1) is 14.6. The van der Waals surface area contributed by atoms with E-state index in [4.69, 9.17) is 9.15 Å². The molecule has 0 unspecified atom stereocenters. The van der Waals surface area contributed by atoms with Crippen LogP contribution < -0.4 is 4.74 Å². The van der Waals surface area contributed by atoms with Crippen LogP contribution in [0.5, 0.6) is 5.75 Å². The second-order valence-corrected chi connectivity index (χ2v) is 5.47. The van der Waals surface area contributed by atoms with E-state index in [1.165, 1.54) is 31.2 Å². The van der Waals surface area contributed by atoms with Gasteiger partial charge in [0.25, 0.3) is 5.91 Å². The van der Waals surface area contributed by atoms with E-state index in [1.807, 2.05) is 0 Å². The molecule has 1 aliphatic carbocycles. The Morgan fingerprint density at radius 2 is 2.23 bits per heavy atom. The number of carbonyl (C=O) groups is 1. The Labute approximate surface area is 127 Å². The van der Waals surface area contributed by atoms with Crippen LogP contribution in [0.15, 0.2) is 34.9 Å². The molecule has 6 heteroatoms. The van der Waals surface area contributed by atoms with Crippen LogP contribution in [0.3, 0.4) is 0 Å². The van der Waals surface area contributed by atoms with Crippen LogP contribution in [0.4, 0.5) is 4.39 Å². The number of amides is 1. The fourth-order valence-electron chi connectivity index (χ4n) is 2.14. The third-order valence-corrected chi connectivity index (χ3v) is 3.53. The third kappa shape index (κ3) is 3.44. The van der Waals surface area contributed by atoms with E-state index in [2.05, 4.69) is 4.98 Å². The minimum absolute atomic E-state index is 0.0272. The molecule has 1 heterocycles. The molecule has 0 bridgehead atoms. The highest BCUT2D eigenvalue weighted by atomic mass is 19.1. The summed E-state index contributed by atoms with van der Waals surface area (Å²) < 4.78 is 23.9. The molecule has 116 valence electrons. The molecule has 2 aromatic rings. The molecule has 22 heavy (non-hydrogen) atoms. The van der Waals surface area contributed by atoms with Gasteiger partial charge in [-0.05, 0) is 30.9 Å². The predicted molar refractivity (Wildman–Crippen MR) is 76.9 cm³/mol. The van der Waals surface area contributed by atoms with E-state index in [-0.39, 0.29) is 29.8 Å². The van der Waals surface area contributed by atoms with Gasteiger partial charge in [0, 0.05) is 13.6 Å². The monoisotopic (exact) mass is 304 g/mol. The van der Waals surface area contributed by atoms with Crippen molar-refractivity contribution < 1.29 is 18.3 Å². The highest BCUT2D eigenvalue weighted by Gasteiger charge is 2.26. The topological polar surface area (TPSA) is 55.6 Å². The number of halogens is 1. The van der Waals surface area contributed by atoms with Crippen molar-refractivity contribution in [2.24, 2.45) is 5.92 Å². The minimum Gasteiger partial charge on any atom is -0.481 e. The van der Waals surface area contributed by atoms with Crippen LogP contribution in [-0.4, -0.2) is 29.4 Å². The van der Waals surface area contributed by atoms with Gasteiger partial charge in [-0.15, -0.1) is 0 Å². The van der Waals surface area contributed by atoms with Crippen molar-refractivity contribution in [2.75, 3.05) is 13.6 Å². The van der Waals surface area contributed by atoms with Crippen molar-refractivity contribution in [1.29, 1.82) is 0 Å². The van der Waals surface area contributed by atoms with Crippen LogP contribution in [0.1, 0.15) is 29.2 Å². The summed E-state index contributed by atoms with van der Waals surface area (Å²) in [6.07, 6.45) is 3.67. The molecular weight excluding hydrogens is 287 g/mol. The van der Waals surface area contributed by atoms with E-state index in [9.17, 15) is 9.18 Å². The first-order valence-electron chi connectivity index (χ1n) is 7.20. The predicted octanol–water partition coefficient (Wildman–Crippen LogP) is 2.87. The molecule has 1 saturated carbocycles. The second kappa shape index (κ2) is 6.17. The number of hydrogen-bond donors (Lipinski definition) is 0. The number of para-hydroxylation sites is 1. The van der Waals surface area contributed by atoms with Gasteiger partial charge in [-0.3, -0.25) is 4.79 Å². The molecule has 5 nitrogen and oxygen atoms in total. The number of rotatable bonds is 6. The quantitative estimate of drug-likeness (QED) is 0.823. The first-order chi connectivity index (χ1) is 10.6. The van der Waals surface area contributed by atoms with Crippen LogP contribution in [0.25, 0.3) is 0 Å². The van der Waals surface area contributed by atoms with Gasteiger partial charge in [-0.2, -0.15) is 0 Å². The lowest BCUT2D eigenvalue weighted by Gasteiger charge is -2.14. The number of benzene rings is 1. The summed E-state index contributed by atoms with van der Waals surface area (Å²) in [6.45, 7) is 0.716. The van der Waals surface area contributed by atoms with E-state index in [0.29, 0.717) is 5.92 Å². The van der Waals surface area contributed by atoms with Gasteiger partial charge in [-0.25, -0.2) is 9.37 Å². The highest BCUT2D eigenvalue weighted by molar-refractivity contribution is 5.91. The summed E-state index contributed by atoms with van der Waals surface area (Å²) in [5.74, 6) is 0.359. The Bertz CT molecular complexity index is 667. The first-order valence-corrected chi connectivity index (χ1v) is 7.20. The zero-order chi connectivity index (χ0) is 15.5. The summed E-state index contributed by atoms with van der Waals surface area (Å²) >= 11 is 0. The molecular formula is C16H17FN2O3. The molecule has 0 saturated heterocycles. The molecule has 1 fully saturated rings. The lowest BCUT2D eigenvalue weighted by molar-refractivity contribution is 0.0783. The van der Waals surface area contributed by atoms with Gasteiger partial charge in [0.1, 0.15) is 6.26 Å². The average Bonchev–Trinajstić information content (AvgIpc) is 3.20. The molecule has 1 amide bonds. The van der Waals surface area contributed by atoms with Crippen LogP contribution in [0, 0.1) is 11.7 Å². The van der Waals surface area contributed by atoms with Crippen LogP contribution in [0.2, 0.25) is 0 Å². The summed E-state index contributed by atoms with van der Waals surface area (Å²) in [5.41, 5.74) is 0.246. The molecule has 0 spiro atoms. The maximum atomic E-state index is 13.4. The Morgan fingerprint density at radius 3 is 2.95 bits per heavy atom. The zero-order valence-corrected chi connectivity index (χ0v) is 12.3. The van der Waals surface area contributed by atoms with E-state index in [0.717, 1.165) is 6.54 Å². The number of carbonyl (C=O) groups excluding carboxylic acids is 1. The normalized spacial score (nSPS) is 13.9. The molecule has 0 radical (unpaired) electrons. The Balaban J connectivity index is 1.58. The minimum atomic E-state index is -0.450. The summed E-state index contributed by atoms with van der Waals surface area (Å²) in [6, 6.07) is 6.09. The fourth-order valence-corrected chi connectivity index (χ4v) is 2.14. The van der Waals surface area contributed by atoms with Gasteiger partial charge >= 0.3 is 0 Å². The van der Waals surface area contributed by atoms with Gasteiger partial charge in [-0.1, -0.05) is 12.1 Å². The van der Waals surface area contributed by atoms with E-state index >= 15 is 0 Å². The van der Waals surface area contributed by atoms with E-state index in [1.54, 1.807) is 24.1 Å². The maximum absolute atomic E-state index is 13.4. The lowest BCUT2D eigenvalue weighted by atomic mass is 10.3. The Morgan fingerprint density at radius 1 is 1.45 bits per heavy atom. The molecule has 0 aliphatic heterocycles. The SMILES string of the molecule is CN(CC1CC1)C(=O)c1coc(COc2ccccc2F)n1. The van der Waals surface area contributed by atoms with Crippen LogP contribution in [-0.2, 0) is 6.61 Å². The van der Waals surface area contributed by atoms with Gasteiger partial charge in [0.15, 0.2) is 23.9 Å².